The molecular formula is C14H13N5. The summed E-state index contributed by atoms with van der Waals surface area (Å²) in [4.78, 5) is 8.68. The van der Waals surface area contributed by atoms with Crippen LogP contribution in [0.5, 0.6) is 0 Å². The summed E-state index contributed by atoms with van der Waals surface area (Å²) in [5, 5.41) is 4.45. The Morgan fingerprint density at radius 2 is 1.58 bits per heavy atom. The summed E-state index contributed by atoms with van der Waals surface area (Å²) in [5.74, 6) is 0.583. The third kappa shape index (κ3) is 1.95. The van der Waals surface area contributed by atoms with Gasteiger partial charge in [0.05, 0.1) is 17.0 Å². The summed E-state index contributed by atoms with van der Waals surface area (Å²) in [6, 6.07) is 11.4. The Labute approximate surface area is 110 Å². The zero-order valence-electron chi connectivity index (χ0n) is 10.5. The first-order valence-corrected chi connectivity index (χ1v) is 5.92. The molecule has 3 aromatic rings. The van der Waals surface area contributed by atoms with Crippen LogP contribution < -0.4 is 5.73 Å². The minimum Gasteiger partial charge on any atom is -0.383 e. The third-order valence-electron chi connectivity index (χ3n) is 2.92. The van der Waals surface area contributed by atoms with Crippen molar-refractivity contribution in [2.24, 2.45) is 7.05 Å². The smallest absolute Gasteiger partial charge is 0.131 e. The lowest BCUT2D eigenvalue weighted by Crippen LogP contribution is -1.98. The van der Waals surface area contributed by atoms with Crippen molar-refractivity contribution in [1.29, 1.82) is 0 Å². The van der Waals surface area contributed by atoms with Gasteiger partial charge in [0.25, 0.3) is 0 Å². The Balaban J connectivity index is 2.25. The first kappa shape index (κ1) is 11.4. The average Bonchev–Trinajstić information content (AvgIpc) is 2.77. The van der Waals surface area contributed by atoms with E-state index in [-0.39, 0.29) is 0 Å². The summed E-state index contributed by atoms with van der Waals surface area (Å²) >= 11 is 0. The number of anilines is 1. The molecule has 5 nitrogen and oxygen atoms in total. The van der Waals surface area contributed by atoms with Gasteiger partial charge in [0.2, 0.25) is 0 Å². The normalized spacial score (nSPS) is 10.6. The third-order valence-corrected chi connectivity index (χ3v) is 2.92. The largest absolute Gasteiger partial charge is 0.383 e. The van der Waals surface area contributed by atoms with Gasteiger partial charge in [-0.2, -0.15) is 5.10 Å². The standard InChI is InChI=1S/C14H13N5/c1-19-14(15)12(10-6-2-4-8-16-10)13(18-19)11-7-3-5-9-17-11/h2-9H,15H2,1H3. The molecule has 0 radical (unpaired) electrons. The fourth-order valence-corrected chi connectivity index (χ4v) is 1.98. The van der Waals surface area contributed by atoms with Gasteiger partial charge < -0.3 is 5.73 Å². The van der Waals surface area contributed by atoms with E-state index in [4.69, 9.17) is 5.73 Å². The molecule has 0 fully saturated rings. The SMILES string of the molecule is Cn1nc(-c2ccccn2)c(-c2ccccn2)c1N. The van der Waals surface area contributed by atoms with Crippen LogP contribution in [0.25, 0.3) is 22.6 Å². The molecule has 0 aromatic carbocycles. The van der Waals surface area contributed by atoms with Crippen molar-refractivity contribution < 1.29 is 0 Å². The van der Waals surface area contributed by atoms with Crippen LogP contribution in [0.1, 0.15) is 0 Å². The Morgan fingerprint density at radius 3 is 2.16 bits per heavy atom. The number of aromatic nitrogens is 4. The van der Waals surface area contributed by atoms with Crippen molar-refractivity contribution in [3.63, 3.8) is 0 Å². The molecule has 0 aliphatic heterocycles. The summed E-state index contributed by atoms with van der Waals surface area (Å²) in [7, 11) is 1.81. The second-order valence-corrected chi connectivity index (χ2v) is 4.16. The van der Waals surface area contributed by atoms with E-state index in [1.165, 1.54) is 0 Å². The molecule has 0 bridgehead atoms. The molecule has 2 N–H and O–H groups in total. The number of pyridine rings is 2. The van der Waals surface area contributed by atoms with Crippen LogP contribution in [0.2, 0.25) is 0 Å². The highest BCUT2D eigenvalue weighted by Crippen LogP contribution is 2.33. The van der Waals surface area contributed by atoms with Crippen LogP contribution in [0, 0.1) is 0 Å². The van der Waals surface area contributed by atoms with Crippen molar-refractivity contribution in [2.45, 2.75) is 0 Å². The highest BCUT2D eigenvalue weighted by Gasteiger charge is 2.18. The van der Waals surface area contributed by atoms with Gasteiger partial charge in [-0.3, -0.25) is 14.6 Å². The van der Waals surface area contributed by atoms with Gasteiger partial charge in [0.1, 0.15) is 11.5 Å². The van der Waals surface area contributed by atoms with Crippen LogP contribution in [0.4, 0.5) is 5.82 Å². The van der Waals surface area contributed by atoms with E-state index in [1.807, 2.05) is 43.4 Å². The van der Waals surface area contributed by atoms with E-state index < -0.39 is 0 Å². The van der Waals surface area contributed by atoms with Gasteiger partial charge in [0, 0.05) is 19.4 Å². The highest BCUT2D eigenvalue weighted by atomic mass is 15.3. The molecule has 0 atom stereocenters. The molecule has 0 aliphatic carbocycles. The molecule has 94 valence electrons. The molecule has 3 heterocycles. The Morgan fingerprint density at radius 1 is 0.947 bits per heavy atom. The predicted molar refractivity (Wildman–Crippen MR) is 74.1 cm³/mol. The summed E-state index contributed by atoms with van der Waals surface area (Å²) in [6.07, 6.45) is 3.48. The molecule has 0 aliphatic rings. The van der Waals surface area contributed by atoms with Crippen molar-refractivity contribution >= 4 is 5.82 Å². The van der Waals surface area contributed by atoms with Gasteiger partial charge in [0.15, 0.2) is 0 Å². The molecule has 0 saturated heterocycles. The van der Waals surface area contributed by atoms with Gasteiger partial charge in [-0.05, 0) is 24.3 Å². The minimum atomic E-state index is 0.583. The summed E-state index contributed by atoms with van der Waals surface area (Å²) in [5.41, 5.74) is 9.26. The Hall–Kier alpha value is -2.69. The lowest BCUT2D eigenvalue weighted by Gasteiger charge is -2.02. The second kappa shape index (κ2) is 4.53. The number of nitrogens with two attached hydrogens (primary N) is 1. The van der Waals surface area contributed by atoms with E-state index in [2.05, 4.69) is 15.1 Å². The first-order chi connectivity index (χ1) is 9.27. The van der Waals surface area contributed by atoms with Gasteiger partial charge in [-0.25, -0.2) is 0 Å². The molecule has 19 heavy (non-hydrogen) atoms. The zero-order valence-corrected chi connectivity index (χ0v) is 10.5. The lowest BCUT2D eigenvalue weighted by molar-refractivity contribution is 0.781. The van der Waals surface area contributed by atoms with Crippen molar-refractivity contribution in [3.8, 4) is 22.6 Å². The van der Waals surface area contributed by atoms with Crippen molar-refractivity contribution in [1.82, 2.24) is 19.7 Å². The van der Waals surface area contributed by atoms with Gasteiger partial charge in [-0.15, -0.1) is 0 Å². The van der Waals surface area contributed by atoms with Gasteiger partial charge in [-0.1, -0.05) is 12.1 Å². The number of nitrogens with zero attached hydrogens (tertiary/aromatic N) is 4. The molecule has 0 spiro atoms. The van der Waals surface area contributed by atoms with E-state index in [0.717, 1.165) is 22.6 Å². The van der Waals surface area contributed by atoms with Crippen LogP contribution in [-0.4, -0.2) is 19.7 Å². The van der Waals surface area contributed by atoms with Crippen LogP contribution >= 0.6 is 0 Å². The monoisotopic (exact) mass is 251 g/mol. The Kier molecular flexibility index (Phi) is 2.72. The fraction of sp³-hybridized carbons (Fsp3) is 0.0714. The first-order valence-electron chi connectivity index (χ1n) is 5.92. The quantitative estimate of drug-likeness (QED) is 0.757. The lowest BCUT2D eigenvalue weighted by atomic mass is 10.1. The highest BCUT2D eigenvalue weighted by molar-refractivity contribution is 5.85. The maximum absolute atomic E-state index is 6.11. The summed E-state index contributed by atoms with van der Waals surface area (Å²) in [6.45, 7) is 0. The predicted octanol–water partition coefficient (Wildman–Crippen LogP) is 2.13. The molecule has 0 amide bonds. The zero-order chi connectivity index (χ0) is 13.2. The number of rotatable bonds is 2. The van der Waals surface area contributed by atoms with Crippen LogP contribution in [0.15, 0.2) is 48.8 Å². The molecular weight excluding hydrogens is 238 g/mol. The maximum atomic E-state index is 6.11. The average molecular weight is 251 g/mol. The Bertz CT molecular complexity index is 689. The van der Waals surface area contributed by atoms with Crippen LogP contribution in [-0.2, 0) is 7.05 Å². The van der Waals surface area contributed by atoms with Crippen LogP contribution in [0.3, 0.4) is 0 Å². The van der Waals surface area contributed by atoms with E-state index in [9.17, 15) is 0 Å². The number of hydrogen-bond acceptors (Lipinski definition) is 4. The molecule has 5 heteroatoms. The molecule has 3 rings (SSSR count). The van der Waals surface area contributed by atoms with E-state index in [1.54, 1.807) is 17.1 Å². The topological polar surface area (TPSA) is 69.6 Å². The second-order valence-electron chi connectivity index (χ2n) is 4.16. The summed E-state index contributed by atoms with van der Waals surface area (Å²) < 4.78 is 1.65. The van der Waals surface area contributed by atoms with Crippen molar-refractivity contribution in [2.75, 3.05) is 5.73 Å². The number of nitrogen functional groups attached to an aromatic ring is 1. The minimum absolute atomic E-state index is 0.583. The molecule has 0 saturated carbocycles. The van der Waals surface area contributed by atoms with Gasteiger partial charge >= 0.3 is 0 Å². The van der Waals surface area contributed by atoms with E-state index in [0.29, 0.717) is 5.82 Å². The fourth-order valence-electron chi connectivity index (χ4n) is 1.98. The molecule has 0 unspecified atom stereocenters. The number of hydrogen-bond donors (Lipinski definition) is 1. The van der Waals surface area contributed by atoms with E-state index >= 15 is 0 Å². The number of aryl methyl sites for hydroxylation is 1. The van der Waals surface area contributed by atoms with Crippen molar-refractivity contribution in [3.05, 3.63) is 48.8 Å². The molecule has 3 aromatic heterocycles. The maximum Gasteiger partial charge on any atom is 0.131 e.